The van der Waals surface area contributed by atoms with Crippen molar-refractivity contribution in [2.45, 2.75) is 25.7 Å². The van der Waals surface area contributed by atoms with E-state index in [1.54, 1.807) is 4.68 Å². The van der Waals surface area contributed by atoms with Crippen LogP contribution < -0.4 is 5.32 Å². The Labute approximate surface area is 146 Å². The van der Waals surface area contributed by atoms with Crippen LogP contribution in [-0.2, 0) is 11.2 Å². The zero-order valence-corrected chi connectivity index (χ0v) is 14.2. The van der Waals surface area contributed by atoms with Gasteiger partial charge in [-0.05, 0) is 46.0 Å². The number of amides is 1. The lowest BCUT2D eigenvalue weighted by Gasteiger charge is -2.12. The highest BCUT2D eigenvalue weighted by molar-refractivity contribution is 5.78. The molecule has 0 saturated carbocycles. The Morgan fingerprint density at radius 1 is 1.12 bits per heavy atom. The predicted molar refractivity (Wildman–Crippen MR) is 95.3 cm³/mol. The Morgan fingerprint density at radius 2 is 1.88 bits per heavy atom. The fraction of sp³-hybridized carbons (Fsp3) is 0.263. The van der Waals surface area contributed by atoms with Crippen molar-refractivity contribution in [3.63, 3.8) is 0 Å². The Bertz CT molecular complexity index is 784. The number of carbonyl (C=O) groups is 1. The number of carbonyl (C=O) groups excluding carboxylic acids is 1. The van der Waals surface area contributed by atoms with Crippen molar-refractivity contribution in [1.29, 1.82) is 0 Å². The summed E-state index contributed by atoms with van der Waals surface area (Å²) in [7, 11) is 0. The summed E-state index contributed by atoms with van der Waals surface area (Å²) < 4.78 is 1.58. The van der Waals surface area contributed by atoms with Crippen LogP contribution in [0.2, 0.25) is 0 Å². The van der Waals surface area contributed by atoms with Crippen LogP contribution in [0.15, 0.2) is 60.9 Å². The van der Waals surface area contributed by atoms with Crippen molar-refractivity contribution in [1.82, 2.24) is 25.5 Å². The third-order valence-corrected chi connectivity index (χ3v) is 4.18. The number of rotatable bonds is 7. The third kappa shape index (κ3) is 4.73. The Balaban J connectivity index is 1.45. The van der Waals surface area contributed by atoms with Crippen LogP contribution in [0.5, 0.6) is 0 Å². The van der Waals surface area contributed by atoms with Gasteiger partial charge in [-0.3, -0.25) is 4.79 Å². The van der Waals surface area contributed by atoms with E-state index in [0.717, 1.165) is 17.7 Å². The van der Waals surface area contributed by atoms with Crippen molar-refractivity contribution in [2.24, 2.45) is 0 Å². The first-order valence-corrected chi connectivity index (χ1v) is 8.36. The lowest BCUT2D eigenvalue weighted by molar-refractivity contribution is -0.120. The van der Waals surface area contributed by atoms with E-state index in [1.807, 2.05) is 42.5 Å². The van der Waals surface area contributed by atoms with Crippen molar-refractivity contribution >= 4 is 5.91 Å². The maximum atomic E-state index is 12.1. The van der Waals surface area contributed by atoms with Gasteiger partial charge >= 0.3 is 0 Å². The molecule has 3 rings (SSSR count). The highest BCUT2D eigenvalue weighted by atomic mass is 16.1. The number of hydrogen-bond acceptors (Lipinski definition) is 4. The molecule has 0 radical (unpaired) electrons. The average Bonchev–Trinajstić information content (AvgIpc) is 3.18. The molecule has 25 heavy (non-hydrogen) atoms. The summed E-state index contributed by atoms with van der Waals surface area (Å²) >= 11 is 0. The highest BCUT2D eigenvalue weighted by Crippen LogP contribution is 2.17. The number of nitrogens with zero attached hydrogens (tertiary/aromatic N) is 4. The van der Waals surface area contributed by atoms with Crippen LogP contribution >= 0.6 is 0 Å². The molecule has 6 heteroatoms. The van der Waals surface area contributed by atoms with Gasteiger partial charge in [0.05, 0.1) is 12.1 Å². The van der Waals surface area contributed by atoms with Gasteiger partial charge < -0.3 is 5.32 Å². The summed E-state index contributed by atoms with van der Waals surface area (Å²) in [5.74, 6) is 0.465. The Kier molecular flexibility index (Phi) is 5.51. The Hall–Kier alpha value is -3.02. The van der Waals surface area contributed by atoms with Gasteiger partial charge in [0.1, 0.15) is 6.33 Å². The topological polar surface area (TPSA) is 72.7 Å². The van der Waals surface area contributed by atoms with E-state index in [-0.39, 0.29) is 5.91 Å². The number of nitrogens with one attached hydrogen (secondary N) is 1. The van der Waals surface area contributed by atoms with Crippen molar-refractivity contribution in [3.05, 3.63) is 72.1 Å². The standard InChI is InChI=1S/C19H21N5O/c1-15(17-5-3-2-4-6-17)11-12-20-19(25)13-16-7-9-18(10-8-16)24-14-21-22-23-24/h2-10,14-15H,11-13H2,1H3,(H,20,25)/t15-/m1/s1. The molecule has 0 saturated heterocycles. The molecule has 1 heterocycles. The molecule has 3 aromatic rings. The van der Waals surface area contributed by atoms with E-state index >= 15 is 0 Å². The molecule has 128 valence electrons. The van der Waals surface area contributed by atoms with Gasteiger partial charge in [0.2, 0.25) is 5.91 Å². The Morgan fingerprint density at radius 3 is 2.56 bits per heavy atom. The fourth-order valence-corrected chi connectivity index (χ4v) is 2.67. The largest absolute Gasteiger partial charge is 0.356 e. The van der Waals surface area contributed by atoms with Crippen LogP contribution in [0.25, 0.3) is 5.69 Å². The van der Waals surface area contributed by atoms with Gasteiger partial charge in [-0.1, -0.05) is 49.4 Å². The zero-order chi connectivity index (χ0) is 17.5. The second-order valence-electron chi connectivity index (χ2n) is 6.05. The van der Waals surface area contributed by atoms with E-state index in [0.29, 0.717) is 18.9 Å². The summed E-state index contributed by atoms with van der Waals surface area (Å²) in [6.07, 6.45) is 2.83. The molecule has 1 amide bonds. The molecule has 0 aliphatic heterocycles. The molecule has 0 aliphatic carbocycles. The van der Waals surface area contributed by atoms with E-state index in [1.165, 1.54) is 11.9 Å². The van der Waals surface area contributed by atoms with E-state index in [9.17, 15) is 4.79 Å². The molecule has 0 aliphatic rings. The smallest absolute Gasteiger partial charge is 0.224 e. The van der Waals surface area contributed by atoms with Gasteiger partial charge in [-0.25, -0.2) is 4.68 Å². The van der Waals surface area contributed by atoms with Crippen molar-refractivity contribution in [2.75, 3.05) is 6.54 Å². The monoisotopic (exact) mass is 335 g/mol. The number of benzene rings is 2. The lowest BCUT2D eigenvalue weighted by atomic mass is 9.98. The van der Waals surface area contributed by atoms with Crippen LogP contribution in [0, 0.1) is 0 Å². The predicted octanol–water partition coefficient (Wildman–Crippen LogP) is 2.51. The summed E-state index contributed by atoms with van der Waals surface area (Å²) in [5.41, 5.74) is 3.13. The molecular weight excluding hydrogens is 314 g/mol. The summed E-state index contributed by atoms with van der Waals surface area (Å²) in [6, 6.07) is 18.0. The zero-order valence-electron chi connectivity index (χ0n) is 14.2. The third-order valence-electron chi connectivity index (χ3n) is 4.18. The van der Waals surface area contributed by atoms with Gasteiger partial charge in [-0.15, -0.1) is 5.10 Å². The normalized spacial score (nSPS) is 11.9. The van der Waals surface area contributed by atoms with E-state index < -0.39 is 0 Å². The lowest BCUT2D eigenvalue weighted by Crippen LogP contribution is -2.26. The molecule has 2 aromatic carbocycles. The van der Waals surface area contributed by atoms with Crippen molar-refractivity contribution < 1.29 is 4.79 Å². The van der Waals surface area contributed by atoms with Crippen LogP contribution in [0.4, 0.5) is 0 Å². The SMILES string of the molecule is C[C@H](CCNC(=O)Cc1ccc(-n2cnnn2)cc1)c1ccccc1. The molecule has 6 nitrogen and oxygen atoms in total. The van der Waals surface area contributed by atoms with Crippen molar-refractivity contribution in [3.8, 4) is 5.69 Å². The maximum absolute atomic E-state index is 12.1. The highest BCUT2D eigenvalue weighted by Gasteiger charge is 2.07. The van der Waals surface area contributed by atoms with Crippen LogP contribution in [0.1, 0.15) is 30.4 Å². The quantitative estimate of drug-likeness (QED) is 0.720. The summed E-state index contributed by atoms with van der Waals surface area (Å²) in [5, 5.41) is 14.0. The van der Waals surface area contributed by atoms with Gasteiger partial charge in [0.25, 0.3) is 0 Å². The number of hydrogen-bond donors (Lipinski definition) is 1. The molecule has 0 spiro atoms. The minimum atomic E-state index is 0.0374. The minimum absolute atomic E-state index is 0.0374. The minimum Gasteiger partial charge on any atom is -0.356 e. The summed E-state index contributed by atoms with van der Waals surface area (Å²) in [4.78, 5) is 12.1. The molecule has 0 bridgehead atoms. The molecule has 0 fully saturated rings. The molecule has 1 aromatic heterocycles. The molecule has 0 unspecified atom stereocenters. The first kappa shape index (κ1) is 16.8. The molecule has 1 atom stereocenters. The first-order valence-electron chi connectivity index (χ1n) is 8.36. The second-order valence-corrected chi connectivity index (χ2v) is 6.05. The number of tetrazole rings is 1. The summed E-state index contributed by atoms with van der Waals surface area (Å²) in [6.45, 7) is 2.86. The van der Waals surface area contributed by atoms with Crippen LogP contribution in [0.3, 0.4) is 0 Å². The van der Waals surface area contributed by atoms with E-state index in [4.69, 9.17) is 0 Å². The molecule has 1 N–H and O–H groups in total. The van der Waals surface area contributed by atoms with Gasteiger partial charge in [0, 0.05) is 6.54 Å². The molecular formula is C19H21N5O. The second kappa shape index (κ2) is 8.19. The van der Waals surface area contributed by atoms with E-state index in [2.05, 4.69) is 39.9 Å². The first-order chi connectivity index (χ1) is 12.2. The fourth-order valence-electron chi connectivity index (χ4n) is 2.67. The van der Waals surface area contributed by atoms with Gasteiger partial charge in [0.15, 0.2) is 0 Å². The maximum Gasteiger partial charge on any atom is 0.224 e. The van der Waals surface area contributed by atoms with Crippen LogP contribution in [-0.4, -0.2) is 32.7 Å². The average molecular weight is 335 g/mol. The number of aromatic nitrogens is 4. The van der Waals surface area contributed by atoms with Gasteiger partial charge in [-0.2, -0.15) is 0 Å².